The van der Waals surface area contributed by atoms with Crippen LogP contribution in [0.5, 0.6) is 0 Å². The third kappa shape index (κ3) is 1.47. The van der Waals surface area contributed by atoms with Crippen molar-refractivity contribution in [1.82, 2.24) is 9.78 Å². The molecule has 0 bridgehead atoms. The highest BCUT2D eigenvalue weighted by Crippen LogP contribution is 2.04. The summed E-state index contributed by atoms with van der Waals surface area (Å²) in [5.74, 6) is 0.116. The molecule has 1 aromatic heterocycles. The summed E-state index contributed by atoms with van der Waals surface area (Å²) >= 11 is 0. The Hall–Kier alpha value is -1.32. The minimum absolute atomic E-state index is 0.116. The fourth-order valence-corrected chi connectivity index (χ4v) is 1.05. The number of nitrogens with zero attached hydrogens (tertiary/aromatic N) is 2. The van der Waals surface area contributed by atoms with Crippen LogP contribution in [0.1, 0.15) is 18.3 Å². The zero-order chi connectivity index (χ0) is 9.14. The fraction of sp³-hybridized carbons (Fsp3) is 0.500. The van der Waals surface area contributed by atoms with E-state index in [1.54, 1.807) is 4.68 Å². The number of hydrogen-bond donors (Lipinski definition) is 1. The van der Waals surface area contributed by atoms with Gasteiger partial charge in [0, 0.05) is 12.7 Å². The van der Waals surface area contributed by atoms with Gasteiger partial charge in [-0.1, -0.05) is 6.92 Å². The van der Waals surface area contributed by atoms with Crippen LogP contribution in [0.3, 0.4) is 0 Å². The molecule has 0 aliphatic carbocycles. The third-order valence-electron chi connectivity index (χ3n) is 1.78. The predicted molar refractivity (Wildman–Crippen MR) is 46.4 cm³/mol. The van der Waals surface area contributed by atoms with Crippen molar-refractivity contribution in [2.45, 2.75) is 13.3 Å². The molecular formula is C8H13N3O. The second kappa shape index (κ2) is 3.38. The van der Waals surface area contributed by atoms with E-state index in [4.69, 9.17) is 10.1 Å². The van der Waals surface area contributed by atoms with E-state index in [9.17, 15) is 0 Å². The van der Waals surface area contributed by atoms with Crippen LogP contribution in [-0.2, 0) is 18.2 Å². The standard InChI is InChI=1S/C8H13N3O/c1-4-6-5-7(8(9)12-3)10-11(6)2/h5,9H,4H2,1-3H3. The Labute approximate surface area is 71.7 Å². The van der Waals surface area contributed by atoms with E-state index < -0.39 is 0 Å². The first-order valence-electron chi connectivity index (χ1n) is 3.84. The molecule has 0 fully saturated rings. The van der Waals surface area contributed by atoms with E-state index in [-0.39, 0.29) is 5.90 Å². The minimum Gasteiger partial charge on any atom is -0.480 e. The van der Waals surface area contributed by atoms with Gasteiger partial charge in [-0.15, -0.1) is 0 Å². The molecule has 1 N–H and O–H groups in total. The average molecular weight is 167 g/mol. The maximum atomic E-state index is 7.37. The normalized spacial score (nSPS) is 9.92. The Balaban J connectivity index is 2.96. The van der Waals surface area contributed by atoms with Crippen molar-refractivity contribution in [3.8, 4) is 0 Å². The Morgan fingerprint density at radius 3 is 2.83 bits per heavy atom. The molecule has 0 saturated heterocycles. The lowest BCUT2D eigenvalue weighted by atomic mass is 10.3. The van der Waals surface area contributed by atoms with Crippen molar-refractivity contribution >= 4 is 5.90 Å². The van der Waals surface area contributed by atoms with E-state index in [1.165, 1.54) is 7.11 Å². The molecule has 4 nitrogen and oxygen atoms in total. The molecule has 1 aromatic rings. The van der Waals surface area contributed by atoms with Crippen LogP contribution in [0, 0.1) is 5.41 Å². The number of methoxy groups -OCH3 is 1. The smallest absolute Gasteiger partial charge is 0.234 e. The first-order chi connectivity index (χ1) is 5.69. The summed E-state index contributed by atoms with van der Waals surface area (Å²) in [6.45, 7) is 2.05. The second-order valence-electron chi connectivity index (χ2n) is 2.53. The third-order valence-corrected chi connectivity index (χ3v) is 1.78. The predicted octanol–water partition coefficient (Wildman–Crippen LogP) is 0.954. The lowest BCUT2D eigenvalue weighted by molar-refractivity contribution is 0.399. The Bertz CT molecular complexity index is 290. The summed E-state index contributed by atoms with van der Waals surface area (Å²) in [6, 6.07) is 1.87. The molecule has 0 aliphatic rings. The number of aryl methyl sites for hydroxylation is 2. The molecule has 0 spiro atoms. The van der Waals surface area contributed by atoms with E-state index in [0.717, 1.165) is 12.1 Å². The monoisotopic (exact) mass is 167 g/mol. The highest BCUT2D eigenvalue weighted by atomic mass is 16.5. The molecule has 0 radical (unpaired) electrons. The van der Waals surface area contributed by atoms with E-state index in [2.05, 4.69) is 12.0 Å². The maximum absolute atomic E-state index is 7.37. The molecular weight excluding hydrogens is 154 g/mol. The van der Waals surface area contributed by atoms with Crippen LogP contribution in [0.25, 0.3) is 0 Å². The van der Waals surface area contributed by atoms with E-state index >= 15 is 0 Å². The summed E-state index contributed by atoms with van der Waals surface area (Å²) in [6.07, 6.45) is 0.917. The van der Waals surface area contributed by atoms with Crippen LogP contribution >= 0.6 is 0 Å². The molecule has 0 unspecified atom stereocenters. The highest BCUT2D eigenvalue weighted by Gasteiger charge is 2.07. The first-order valence-corrected chi connectivity index (χ1v) is 3.84. The SMILES string of the molecule is CCc1cc(C(=N)OC)nn1C. The van der Waals surface area contributed by atoms with Crippen LogP contribution in [0.15, 0.2) is 6.07 Å². The quantitative estimate of drug-likeness (QED) is 0.526. The molecule has 0 saturated carbocycles. The van der Waals surface area contributed by atoms with Gasteiger partial charge < -0.3 is 4.74 Å². The molecule has 0 atom stereocenters. The Kier molecular flexibility index (Phi) is 2.47. The zero-order valence-electron chi connectivity index (χ0n) is 7.59. The van der Waals surface area contributed by atoms with Crippen molar-refractivity contribution < 1.29 is 4.74 Å². The van der Waals surface area contributed by atoms with Crippen molar-refractivity contribution in [1.29, 1.82) is 5.41 Å². The highest BCUT2D eigenvalue weighted by molar-refractivity contribution is 5.89. The molecule has 12 heavy (non-hydrogen) atoms. The molecule has 0 amide bonds. The maximum Gasteiger partial charge on any atom is 0.234 e. The molecule has 1 rings (SSSR count). The number of hydrogen-bond acceptors (Lipinski definition) is 3. The van der Waals surface area contributed by atoms with Gasteiger partial charge in [0.25, 0.3) is 0 Å². The van der Waals surface area contributed by atoms with Gasteiger partial charge >= 0.3 is 0 Å². The van der Waals surface area contributed by atoms with Crippen molar-refractivity contribution in [2.75, 3.05) is 7.11 Å². The van der Waals surface area contributed by atoms with Crippen LogP contribution < -0.4 is 0 Å². The summed E-state index contributed by atoms with van der Waals surface area (Å²) in [4.78, 5) is 0. The van der Waals surface area contributed by atoms with Gasteiger partial charge in [-0.05, 0) is 12.5 Å². The van der Waals surface area contributed by atoms with Gasteiger partial charge in [0.05, 0.1) is 7.11 Å². The average Bonchev–Trinajstić information content (AvgIpc) is 2.45. The lowest BCUT2D eigenvalue weighted by Crippen LogP contribution is -2.03. The van der Waals surface area contributed by atoms with Gasteiger partial charge in [0.15, 0.2) is 0 Å². The first kappa shape index (κ1) is 8.77. The largest absolute Gasteiger partial charge is 0.480 e. The van der Waals surface area contributed by atoms with Crippen LogP contribution in [0.4, 0.5) is 0 Å². The van der Waals surface area contributed by atoms with Gasteiger partial charge in [0.2, 0.25) is 5.90 Å². The number of ether oxygens (including phenoxy) is 1. The van der Waals surface area contributed by atoms with Crippen molar-refractivity contribution in [3.05, 3.63) is 17.5 Å². The minimum atomic E-state index is 0.116. The molecule has 4 heteroatoms. The Morgan fingerprint density at radius 1 is 1.75 bits per heavy atom. The van der Waals surface area contributed by atoms with Crippen molar-refractivity contribution in [3.63, 3.8) is 0 Å². The van der Waals surface area contributed by atoms with Gasteiger partial charge in [-0.25, -0.2) is 0 Å². The molecule has 0 aromatic carbocycles. The summed E-state index contributed by atoms with van der Waals surface area (Å²) in [7, 11) is 3.34. The molecule has 66 valence electrons. The number of rotatable bonds is 2. The van der Waals surface area contributed by atoms with Gasteiger partial charge in [-0.3, -0.25) is 10.1 Å². The van der Waals surface area contributed by atoms with E-state index in [1.807, 2.05) is 13.1 Å². The molecule has 1 heterocycles. The van der Waals surface area contributed by atoms with Gasteiger partial charge in [-0.2, -0.15) is 5.10 Å². The summed E-state index contributed by atoms with van der Waals surface area (Å²) < 4.78 is 6.52. The summed E-state index contributed by atoms with van der Waals surface area (Å²) in [5.41, 5.74) is 1.70. The Morgan fingerprint density at radius 2 is 2.42 bits per heavy atom. The van der Waals surface area contributed by atoms with Crippen LogP contribution in [-0.4, -0.2) is 22.8 Å². The van der Waals surface area contributed by atoms with Crippen LogP contribution in [0.2, 0.25) is 0 Å². The topological polar surface area (TPSA) is 50.9 Å². The van der Waals surface area contributed by atoms with Crippen molar-refractivity contribution in [2.24, 2.45) is 7.05 Å². The number of nitrogens with one attached hydrogen (secondary N) is 1. The summed E-state index contributed by atoms with van der Waals surface area (Å²) in [5, 5.41) is 11.5. The lowest BCUT2D eigenvalue weighted by Gasteiger charge is -1.94. The zero-order valence-corrected chi connectivity index (χ0v) is 7.59. The number of aromatic nitrogens is 2. The second-order valence-corrected chi connectivity index (χ2v) is 2.53. The fourth-order valence-electron chi connectivity index (χ4n) is 1.05. The van der Waals surface area contributed by atoms with Gasteiger partial charge in [0.1, 0.15) is 5.69 Å². The molecule has 0 aliphatic heterocycles. The van der Waals surface area contributed by atoms with E-state index in [0.29, 0.717) is 5.69 Å².